The van der Waals surface area contributed by atoms with Gasteiger partial charge in [0.25, 0.3) is 0 Å². The highest BCUT2D eigenvalue weighted by Gasteiger charge is 2.25. The maximum atomic E-state index is 11.5. The van der Waals surface area contributed by atoms with Crippen molar-refractivity contribution in [2.45, 2.75) is 17.2 Å². The Morgan fingerprint density at radius 2 is 2.23 bits per heavy atom. The highest BCUT2D eigenvalue weighted by molar-refractivity contribution is 7.92. The van der Waals surface area contributed by atoms with E-state index in [4.69, 9.17) is 11.0 Å². The van der Waals surface area contributed by atoms with Gasteiger partial charge in [-0.15, -0.1) is 0 Å². The lowest BCUT2D eigenvalue weighted by atomic mass is 10.4. The summed E-state index contributed by atoms with van der Waals surface area (Å²) >= 11 is 1.28. The summed E-state index contributed by atoms with van der Waals surface area (Å²) in [6.45, 7) is 1.67. The molecule has 0 radical (unpaired) electrons. The van der Waals surface area contributed by atoms with Crippen molar-refractivity contribution in [2.24, 2.45) is 5.73 Å². The van der Waals surface area contributed by atoms with E-state index >= 15 is 0 Å². The zero-order valence-electron chi connectivity index (χ0n) is 6.89. The number of aryl methyl sites for hydroxylation is 1. The van der Waals surface area contributed by atoms with Crippen LogP contribution in [-0.4, -0.2) is 13.8 Å². The molecule has 0 bridgehead atoms. The quantitative estimate of drug-likeness (QED) is 0.786. The first-order valence-electron chi connectivity index (χ1n) is 3.42. The molecule has 70 valence electrons. The third-order valence-corrected chi connectivity index (χ3v) is 4.41. The van der Waals surface area contributed by atoms with Gasteiger partial charge in [0, 0.05) is 5.38 Å². The normalized spacial score (nSPS) is 13.6. The van der Waals surface area contributed by atoms with Crippen molar-refractivity contribution in [1.29, 1.82) is 5.26 Å². The van der Waals surface area contributed by atoms with Gasteiger partial charge in [0.1, 0.15) is 0 Å². The molecule has 0 amide bonds. The van der Waals surface area contributed by atoms with Crippen molar-refractivity contribution >= 4 is 21.2 Å². The van der Waals surface area contributed by atoms with Crippen LogP contribution in [-0.2, 0) is 9.84 Å². The summed E-state index contributed by atoms with van der Waals surface area (Å²) in [5.41, 5.74) is 5.80. The SMILES string of the molecule is Cc1cscc1S(=O)(=O)C(N)C#N. The van der Waals surface area contributed by atoms with Gasteiger partial charge >= 0.3 is 0 Å². The first kappa shape index (κ1) is 10.2. The van der Waals surface area contributed by atoms with Gasteiger partial charge < -0.3 is 5.73 Å². The average molecular weight is 216 g/mol. The van der Waals surface area contributed by atoms with E-state index in [9.17, 15) is 8.42 Å². The molecular weight excluding hydrogens is 208 g/mol. The standard InChI is InChI=1S/C7H8N2O2S2/c1-5-3-12-4-6(5)13(10,11)7(9)2-8/h3-4,7H,9H2,1H3. The lowest BCUT2D eigenvalue weighted by molar-refractivity contribution is 0.590. The van der Waals surface area contributed by atoms with Crippen LogP contribution in [0.2, 0.25) is 0 Å². The van der Waals surface area contributed by atoms with Crippen LogP contribution in [0.5, 0.6) is 0 Å². The molecule has 13 heavy (non-hydrogen) atoms. The Morgan fingerprint density at radius 3 is 2.62 bits per heavy atom. The molecule has 1 heterocycles. The summed E-state index contributed by atoms with van der Waals surface area (Å²) < 4.78 is 23.0. The van der Waals surface area contributed by atoms with Gasteiger partial charge in [-0.3, -0.25) is 0 Å². The molecule has 0 saturated carbocycles. The molecule has 1 unspecified atom stereocenters. The van der Waals surface area contributed by atoms with Crippen LogP contribution in [0.3, 0.4) is 0 Å². The second-order valence-corrected chi connectivity index (χ2v) is 5.30. The minimum absolute atomic E-state index is 0.159. The molecule has 1 aromatic rings. The van der Waals surface area contributed by atoms with Crippen molar-refractivity contribution in [3.8, 4) is 6.07 Å². The van der Waals surface area contributed by atoms with Crippen LogP contribution in [0.15, 0.2) is 15.7 Å². The molecule has 0 aliphatic rings. The third kappa shape index (κ3) is 1.72. The van der Waals surface area contributed by atoms with Crippen molar-refractivity contribution in [3.63, 3.8) is 0 Å². The van der Waals surface area contributed by atoms with Crippen LogP contribution in [0.4, 0.5) is 0 Å². The van der Waals surface area contributed by atoms with Crippen LogP contribution in [0.25, 0.3) is 0 Å². The van der Waals surface area contributed by atoms with E-state index in [-0.39, 0.29) is 4.90 Å². The minimum atomic E-state index is -3.65. The van der Waals surface area contributed by atoms with E-state index in [1.165, 1.54) is 22.8 Å². The van der Waals surface area contributed by atoms with E-state index in [0.717, 1.165) is 0 Å². The molecule has 2 N–H and O–H groups in total. The van der Waals surface area contributed by atoms with Crippen molar-refractivity contribution in [3.05, 3.63) is 16.3 Å². The number of nitriles is 1. The molecule has 0 fully saturated rings. The minimum Gasteiger partial charge on any atom is -0.303 e. The second kappa shape index (κ2) is 3.46. The fourth-order valence-corrected chi connectivity index (χ4v) is 3.25. The van der Waals surface area contributed by atoms with E-state index in [2.05, 4.69) is 0 Å². The summed E-state index contributed by atoms with van der Waals surface area (Å²) in [7, 11) is -3.65. The molecular formula is C7H8N2O2S2. The van der Waals surface area contributed by atoms with Crippen molar-refractivity contribution in [1.82, 2.24) is 0 Å². The van der Waals surface area contributed by atoms with Gasteiger partial charge in [0.15, 0.2) is 0 Å². The fraction of sp³-hybridized carbons (Fsp3) is 0.286. The van der Waals surface area contributed by atoms with Crippen molar-refractivity contribution in [2.75, 3.05) is 0 Å². The summed E-state index contributed by atoms with van der Waals surface area (Å²) in [5, 5.41) is 10.1. The van der Waals surface area contributed by atoms with Gasteiger partial charge in [-0.2, -0.15) is 16.6 Å². The molecule has 1 aromatic heterocycles. The molecule has 1 rings (SSSR count). The van der Waals surface area contributed by atoms with E-state index < -0.39 is 15.2 Å². The van der Waals surface area contributed by atoms with Crippen LogP contribution in [0.1, 0.15) is 5.56 Å². The van der Waals surface area contributed by atoms with Gasteiger partial charge in [-0.1, -0.05) is 0 Å². The first-order chi connectivity index (χ1) is 6.00. The molecule has 0 aliphatic heterocycles. The highest BCUT2D eigenvalue weighted by atomic mass is 32.2. The summed E-state index contributed by atoms with van der Waals surface area (Å²) in [4.78, 5) is 0.159. The molecule has 1 atom stereocenters. The number of sulfone groups is 1. The van der Waals surface area contributed by atoms with E-state index in [1.54, 1.807) is 12.3 Å². The molecule has 0 spiro atoms. The zero-order chi connectivity index (χ0) is 10.1. The number of thiophene rings is 1. The van der Waals surface area contributed by atoms with Crippen LogP contribution in [0, 0.1) is 18.3 Å². The smallest absolute Gasteiger partial charge is 0.208 e. The predicted molar refractivity (Wildman–Crippen MR) is 49.8 cm³/mol. The topological polar surface area (TPSA) is 83.9 Å². The number of nitrogens with two attached hydrogens (primary N) is 1. The highest BCUT2D eigenvalue weighted by Crippen LogP contribution is 2.21. The Labute approximate surface area is 80.5 Å². The Hall–Kier alpha value is -0.900. The Bertz CT molecular complexity index is 441. The summed E-state index contributed by atoms with van der Waals surface area (Å²) in [5.74, 6) is 0. The van der Waals surface area contributed by atoms with E-state index in [1.807, 2.05) is 0 Å². The zero-order valence-corrected chi connectivity index (χ0v) is 8.52. The predicted octanol–water partition coefficient (Wildman–Crippen LogP) is 0.639. The Kier molecular flexibility index (Phi) is 2.71. The van der Waals surface area contributed by atoms with Gasteiger partial charge in [0.05, 0.1) is 11.0 Å². The average Bonchev–Trinajstić information content (AvgIpc) is 2.50. The number of hydrogen-bond acceptors (Lipinski definition) is 5. The number of rotatable bonds is 2. The number of hydrogen-bond donors (Lipinski definition) is 1. The third-order valence-electron chi connectivity index (χ3n) is 1.58. The summed E-state index contributed by atoms with van der Waals surface area (Å²) in [6, 6.07) is 1.52. The van der Waals surface area contributed by atoms with E-state index in [0.29, 0.717) is 5.56 Å². The first-order valence-corrected chi connectivity index (χ1v) is 5.91. The maximum Gasteiger partial charge on any atom is 0.208 e. The fourth-order valence-electron chi connectivity index (χ4n) is 0.847. The van der Waals surface area contributed by atoms with Gasteiger partial charge in [-0.25, -0.2) is 8.42 Å². The number of nitrogens with zero attached hydrogens (tertiary/aromatic N) is 1. The monoisotopic (exact) mass is 216 g/mol. The second-order valence-electron chi connectivity index (χ2n) is 2.51. The van der Waals surface area contributed by atoms with Crippen molar-refractivity contribution < 1.29 is 8.42 Å². The molecule has 4 nitrogen and oxygen atoms in total. The van der Waals surface area contributed by atoms with Crippen LogP contribution >= 0.6 is 11.3 Å². The molecule has 0 aliphatic carbocycles. The lowest BCUT2D eigenvalue weighted by Gasteiger charge is -2.03. The van der Waals surface area contributed by atoms with Gasteiger partial charge in [0.2, 0.25) is 15.2 Å². The Balaban J connectivity index is 3.26. The lowest BCUT2D eigenvalue weighted by Crippen LogP contribution is -2.28. The molecule has 0 saturated heterocycles. The molecule has 6 heteroatoms. The molecule has 0 aromatic carbocycles. The summed E-state index contributed by atoms with van der Waals surface area (Å²) in [6.07, 6.45) is 0. The largest absolute Gasteiger partial charge is 0.303 e. The maximum absolute atomic E-state index is 11.5. The van der Waals surface area contributed by atoms with Gasteiger partial charge in [-0.05, 0) is 17.9 Å². The van der Waals surface area contributed by atoms with Crippen LogP contribution < -0.4 is 5.73 Å². The Morgan fingerprint density at radius 1 is 1.62 bits per heavy atom.